The van der Waals surface area contributed by atoms with Crippen molar-refractivity contribution in [3.05, 3.63) is 431 Å². The molecule has 0 N–H and O–H groups in total. The van der Waals surface area contributed by atoms with Crippen molar-refractivity contribution >= 4 is 0 Å². The van der Waals surface area contributed by atoms with E-state index in [4.69, 9.17) is 0 Å². The van der Waals surface area contributed by atoms with E-state index in [-0.39, 0.29) is 0 Å². The highest BCUT2D eigenvalue weighted by Crippen LogP contribution is 1.99. The van der Waals surface area contributed by atoms with Gasteiger partial charge in [0.05, 0.1) is 0 Å². The lowest BCUT2D eigenvalue weighted by atomic mass is 10.2. The molecule has 0 fully saturated rings. The second-order valence-electron chi connectivity index (χ2n) is 19.9. The number of aryl methyl sites for hydroxylation is 12. The molecule has 432 valence electrons. The van der Waals surface area contributed by atoms with Crippen LogP contribution in [0.25, 0.3) is 0 Å². The molecular formula is C84H96. The maximum atomic E-state index is 2.08. The normalized spacial score (nSPS) is 8.71. The minimum absolute atomic E-state index is 1.32. The standard InChI is InChI=1S/12C7H8/c12*1-7-5-3-2-4-6-7/h12*2-6H,1H3. The van der Waals surface area contributed by atoms with Gasteiger partial charge in [-0.05, 0) is 83.1 Å². The zero-order valence-electron chi connectivity index (χ0n) is 52.6. The van der Waals surface area contributed by atoms with E-state index in [1.807, 2.05) is 218 Å². The predicted octanol–water partition coefficient (Wildman–Crippen LogP) is 23.9. The lowest BCUT2D eigenvalue weighted by Crippen LogP contribution is -1.62. The minimum Gasteiger partial charge on any atom is -0.0622 e. The fraction of sp³-hybridized carbons (Fsp3) is 0.143. The molecule has 0 atom stereocenters. The molecule has 0 heterocycles. The van der Waals surface area contributed by atoms with Crippen molar-refractivity contribution in [3.8, 4) is 0 Å². The first-order chi connectivity index (χ1) is 40.7. The van der Waals surface area contributed by atoms with Gasteiger partial charge in [0.1, 0.15) is 0 Å². The van der Waals surface area contributed by atoms with Crippen LogP contribution in [0.2, 0.25) is 0 Å². The molecule has 0 nitrogen and oxygen atoms in total. The Morgan fingerprint density at radius 2 is 0.131 bits per heavy atom. The molecule has 0 heteroatoms. The van der Waals surface area contributed by atoms with E-state index in [0.717, 1.165) is 0 Å². The summed E-state index contributed by atoms with van der Waals surface area (Å²) < 4.78 is 0. The van der Waals surface area contributed by atoms with Crippen LogP contribution in [0.5, 0.6) is 0 Å². The van der Waals surface area contributed by atoms with Gasteiger partial charge in [-0.2, -0.15) is 0 Å². The first kappa shape index (κ1) is 72.7. The van der Waals surface area contributed by atoms with Gasteiger partial charge in [-0.3, -0.25) is 0 Å². The van der Waals surface area contributed by atoms with E-state index in [9.17, 15) is 0 Å². The molecule has 12 rings (SSSR count). The zero-order valence-corrected chi connectivity index (χ0v) is 52.6. The third kappa shape index (κ3) is 49.7. The Balaban J connectivity index is 0.000000458. The first-order valence-corrected chi connectivity index (χ1v) is 28.9. The summed E-state index contributed by atoms with van der Waals surface area (Å²) in [6.07, 6.45) is 0. The molecule has 0 radical (unpaired) electrons. The molecule has 12 aromatic carbocycles. The molecule has 0 unspecified atom stereocenters. The van der Waals surface area contributed by atoms with Crippen LogP contribution in [-0.4, -0.2) is 0 Å². The molecule has 0 bridgehead atoms. The average molecular weight is 1110 g/mol. The van der Waals surface area contributed by atoms with Gasteiger partial charge < -0.3 is 0 Å². The number of rotatable bonds is 0. The molecule has 0 saturated heterocycles. The first-order valence-electron chi connectivity index (χ1n) is 28.9. The van der Waals surface area contributed by atoms with E-state index in [0.29, 0.717) is 0 Å². The third-order valence-electron chi connectivity index (χ3n) is 11.3. The van der Waals surface area contributed by atoms with Gasteiger partial charge in [0, 0.05) is 0 Å². The number of hydrogen-bond acceptors (Lipinski definition) is 0. The van der Waals surface area contributed by atoms with Crippen molar-refractivity contribution in [2.45, 2.75) is 83.1 Å². The molecule has 0 aliphatic rings. The predicted molar refractivity (Wildman–Crippen MR) is 374 cm³/mol. The summed E-state index contributed by atoms with van der Waals surface area (Å²) in [7, 11) is 0. The van der Waals surface area contributed by atoms with Crippen molar-refractivity contribution in [3.63, 3.8) is 0 Å². The molecule has 0 aromatic heterocycles. The number of hydrogen-bond donors (Lipinski definition) is 0. The van der Waals surface area contributed by atoms with Crippen LogP contribution in [0.15, 0.2) is 364 Å². The molecular weight excluding hydrogens is 1010 g/mol. The van der Waals surface area contributed by atoms with Gasteiger partial charge in [-0.1, -0.05) is 431 Å². The van der Waals surface area contributed by atoms with Gasteiger partial charge in [-0.15, -0.1) is 0 Å². The maximum Gasteiger partial charge on any atom is -0.0398 e. The molecule has 0 spiro atoms. The summed E-state index contributed by atoms with van der Waals surface area (Å²) in [6, 6.07) is 123. The van der Waals surface area contributed by atoms with E-state index in [1.165, 1.54) is 66.8 Å². The van der Waals surface area contributed by atoms with Crippen LogP contribution in [-0.2, 0) is 0 Å². The van der Waals surface area contributed by atoms with Crippen molar-refractivity contribution in [1.29, 1.82) is 0 Å². The van der Waals surface area contributed by atoms with Gasteiger partial charge in [0.2, 0.25) is 0 Å². The molecule has 0 aliphatic heterocycles. The lowest BCUT2D eigenvalue weighted by molar-refractivity contribution is 1.48. The summed E-state index contributed by atoms with van der Waals surface area (Å²) in [6.45, 7) is 25.0. The van der Waals surface area contributed by atoms with Gasteiger partial charge in [0.25, 0.3) is 0 Å². The van der Waals surface area contributed by atoms with Crippen molar-refractivity contribution in [2.24, 2.45) is 0 Å². The fourth-order valence-corrected chi connectivity index (χ4v) is 6.41. The Hall–Kier alpha value is -9.36. The fourth-order valence-electron chi connectivity index (χ4n) is 6.41. The molecule has 0 saturated carbocycles. The second kappa shape index (κ2) is 51.8. The average Bonchev–Trinajstić information content (AvgIpc) is 3.51. The van der Waals surface area contributed by atoms with Crippen molar-refractivity contribution in [2.75, 3.05) is 0 Å². The summed E-state index contributed by atoms with van der Waals surface area (Å²) in [5.41, 5.74) is 15.9. The smallest absolute Gasteiger partial charge is 0.0398 e. The quantitative estimate of drug-likeness (QED) is 0.142. The Bertz CT molecular complexity index is 2370. The highest BCUT2D eigenvalue weighted by Gasteiger charge is 1.79. The van der Waals surface area contributed by atoms with Crippen LogP contribution in [0, 0.1) is 83.1 Å². The van der Waals surface area contributed by atoms with Crippen LogP contribution in [0.1, 0.15) is 66.8 Å². The molecule has 84 heavy (non-hydrogen) atoms. The Morgan fingerprint density at radius 3 is 0.155 bits per heavy atom. The second-order valence-corrected chi connectivity index (χ2v) is 19.9. The van der Waals surface area contributed by atoms with Gasteiger partial charge in [0.15, 0.2) is 0 Å². The van der Waals surface area contributed by atoms with E-state index in [2.05, 4.69) is 229 Å². The molecule has 0 aliphatic carbocycles. The minimum atomic E-state index is 1.32. The molecule has 12 aromatic rings. The van der Waals surface area contributed by atoms with Crippen molar-refractivity contribution in [1.82, 2.24) is 0 Å². The topological polar surface area (TPSA) is 0 Å². The highest BCUT2D eigenvalue weighted by molar-refractivity contribution is 5.18. The van der Waals surface area contributed by atoms with Gasteiger partial charge in [-0.25, -0.2) is 0 Å². The van der Waals surface area contributed by atoms with E-state index < -0.39 is 0 Å². The summed E-state index contributed by atoms with van der Waals surface area (Å²) in [5, 5.41) is 0. The van der Waals surface area contributed by atoms with Gasteiger partial charge >= 0.3 is 0 Å². The van der Waals surface area contributed by atoms with E-state index >= 15 is 0 Å². The number of benzene rings is 12. The molecule has 0 amide bonds. The Morgan fingerprint density at radius 1 is 0.0833 bits per heavy atom. The van der Waals surface area contributed by atoms with Crippen molar-refractivity contribution < 1.29 is 0 Å². The van der Waals surface area contributed by atoms with Crippen LogP contribution >= 0.6 is 0 Å². The summed E-state index contributed by atoms with van der Waals surface area (Å²) in [5.74, 6) is 0. The maximum absolute atomic E-state index is 2.08. The van der Waals surface area contributed by atoms with Crippen LogP contribution in [0.3, 0.4) is 0 Å². The van der Waals surface area contributed by atoms with Crippen LogP contribution < -0.4 is 0 Å². The highest BCUT2D eigenvalue weighted by atomic mass is 13.9. The Labute approximate surface area is 511 Å². The largest absolute Gasteiger partial charge is 0.0622 e. The van der Waals surface area contributed by atoms with Crippen LogP contribution in [0.4, 0.5) is 0 Å². The summed E-state index contributed by atoms with van der Waals surface area (Å²) in [4.78, 5) is 0. The summed E-state index contributed by atoms with van der Waals surface area (Å²) >= 11 is 0. The zero-order chi connectivity index (χ0) is 61.4. The lowest BCUT2D eigenvalue weighted by Gasteiger charge is -1.82. The Kier molecular flexibility index (Phi) is 44.8. The third-order valence-corrected chi connectivity index (χ3v) is 11.3. The SMILES string of the molecule is Cc1ccccc1.Cc1ccccc1.Cc1ccccc1.Cc1ccccc1.Cc1ccccc1.Cc1ccccc1.Cc1ccccc1.Cc1ccccc1.Cc1ccccc1.Cc1ccccc1.Cc1ccccc1.Cc1ccccc1. The van der Waals surface area contributed by atoms with E-state index in [1.54, 1.807) is 0 Å². The monoisotopic (exact) mass is 1100 g/mol.